The maximum Gasteiger partial charge on any atom is 0.242 e. The van der Waals surface area contributed by atoms with Crippen LogP contribution in [-0.4, -0.2) is 44.5 Å². The summed E-state index contributed by atoms with van der Waals surface area (Å²) in [6, 6.07) is -0.670. The number of imidazole rings is 1. The quantitative estimate of drug-likeness (QED) is 0.638. The molecule has 0 aliphatic carbocycles. The van der Waals surface area contributed by atoms with E-state index in [9.17, 15) is 9.59 Å². The van der Waals surface area contributed by atoms with Crippen molar-refractivity contribution in [3.05, 3.63) is 29.9 Å². The van der Waals surface area contributed by atoms with Crippen LogP contribution in [0, 0.1) is 0 Å². The summed E-state index contributed by atoms with van der Waals surface area (Å²) in [5.41, 5.74) is 0.766. The highest BCUT2D eigenvalue weighted by molar-refractivity contribution is 5.87. The van der Waals surface area contributed by atoms with E-state index in [-0.39, 0.29) is 17.7 Å². The Labute approximate surface area is 139 Å². The van der Waals surface area contributed by atoms with Crippen LogP contribution in [0.15, 0.2) is 17.0 Å². The molecule has 0 aromatic carbocycles. The molecule has 0 bridgehead atoms. The molecule has 0 radical (unpaired) electrons. The summed E-state index contributed by atoms with van der Waals surface area (Å²) in [6.07, 6.45) is 3.92. The third-order valence-electron chi connectivity index (χ3n) is 3.31. The minimum absolute atomic E-state index is 0.190. The van der Waals surface area contributed by atoms with Crippen LogP contribution in [0.1, 0.15) is 44.1 Å². The molecular formula is C15H22N6O3. The molecular weight excluding hydrogens is 312 g/mol. The van der Waals surface area contributed by atoms with Crippen molar-refractivity contribution in [3.8, 4) is 0 Å². The number of H-pyrrole nitrogens is 1. The minimum Gasteiger partial charge on any atom is -0.354 e. The summed E-state index contributed by atoms with van der Waals surface area (Å²) in [4.78, 5) is 34.6. The number of nitrogens with one attached hydrogen (secondary N) is 3. The van der Waals surface area contributed by atoms with Crippen molar-refractivity contribution >= 4 is 11.8 Å². The molecule has 0 fully saturated rings. The number of nitrogens with zero attached hydrogens (tertiary/aromatic N) is 3. The Morgan fingerprint density at radius 2 is 2.17 bits per heavy atom. The van der Waals surface area contributed by atoms with Crippen LogP contribution in [0.4, 0.5) is 0 Å². The molecule has 3 N–H and O–H groups in total. The lowest BCUT2D eigenvalue weighted by molar-refractivity contribution is -0.128. The first-order valence-corrected chi connectivity index (χ1v) is 7.80. The lowest BCUT2D eigenvalue weighted by Gasteiger charge is -2.16. The zero-order valence-corrected chi connectivity index (χ0v) is 14.0. The number of aromatic amines is 1. The van der Waals surface area contributed by atoms with E-state index in [1.807, 2.05) is 13.8 Å². The molecule has 0 saturated carbocycles. The van der Waals surface area contributed by atoms with Crippen molar-refractivity contribution in [2.45, 2.75) is 45.6 Å². The van der Waals surface area contributed by atoms with Crippen LogP contribution in [0.5, 0.6) is 0 Å². The van der Waals surface area contributed by atoms with Crippen molar-refractivity contribution in [1.29, 1.82) is 0 Å². The molecule has 9 nitrogen and oxygen atoms in total. The molecule has 2 rings (SSSR count). The average molecular weight is 334 g/mol. The first-order chi connectivity index (χ1) is 11.5. The van der Waals surface area contributed by atoms with E-state index in [4.69, 9.17) is 4.52 Å². The Kier molecular flexibility index (Phi) is 6.05. The molecule has 2 aromatic rings. The van der Waals surface area contributed by atoms with Gasteiger partial charge in [-0.15, -0.1) is 0 Å². The van der Waals surface area contributed by atoms with Gasteiger partial charge in [0, 0.05) is 44.1 Å². The number of aromatic nitrogens is 4. The van der Waals surface area contributed by atoms with Gasteiger partial charge in [0.15, 0.2) is 5.82 Å². The van der Waals surface area contributed by atoms with E-state index in [0.717, 1.165) is 5.69 Å². The highest BCUT2D eigenvalue weighted by Crippen LogP contribution is 2.09. The van der Waals surface area contributed by atoms with E-state index in [1.54, 1.807) is 6.20 Å². The lowest BCUT2D eigenvalue weighted by Crippen LogP contribution is -2.47. The first kappa shape index (κ1) is 17.6. The minimum atomic E-state index is -0.670. The standard InChI is InChI=1S/C15H22N6O3/c1-9(2)14-20-13(24-21-14)4-5-17-15(23)12(19-10(3)22)6-11-7-16-8-18-11/h7-9,12H,4-6H2,1-3H3,(H,16,18)(H,17,23)(H,19,22)/t12-/m0/s1. The van der Waals surface area contributed by atoms with Crippen molar-refractivity contribution in [2.75, 3.05) is 6.54 Å². The zero-order chi connectivity index (χ0) is 17.5. The van der Waals surface area contributed by atoms with Crippen molar-refractivity contribution in [2.24, 2.45) is 0 Å². The van der Waals surface area contributed by atoms with E-state index in [2.05, 4.69) is 30.7 Å². The topological polar surface area (TPSA) is 126 Å². The smallest absolute Gasteiger partial charge is 0.242 e. The highest BCUT2D eigenvalue weighted by Gasteiger charge is 2.20. The number of carbonyl (C=O) groups excluding carboxylic acids is 2. The third-order valence-corrected chi connectivity index (χ3v) is 3.31. The molecule has 2 aromatic heterocycles. The third kappa shape index (κ3) is 5.18. The number of carbonyl (C=O) groups is 2. The molecule has 0 aliphatic rings. The normalized spacial score (nSPS) is 12.2. The maximum atomic E-state index is 12.3. The molecule has 9 heteroatoms. The molecule has 0 saturated heterocycles. The van der Waals surface area contributed by atoms with Gasteiger partial charge in [0.25, 0.3) is 0 Å². The van der Waals surface area contributed by atoms with Crippen LogP contribution in [0.3, 0.4) is 0 Å². The zero-order valence-electron chi connectivity index (χ0n) is 14.0. The van der Waals surface area contributed by atoms with Gasteiger partial charge in [0.05, 0.1) is 6.33 Å². The van der Waals surface area contributed by atoms with E-state index in [1.165, 1.54) is 13.3 Å². The van der Waals surface area contributed by atoms with Gasteiger partial charge in [-0.3, -0.25) is 9.59 Å². The van der Waals surface area contributed by atoms with E-state index >= 15 is 0 Å². The van der Waals surface area contributed by atoms with Crippen LogP contribution in [0.25, 0.3) is 0 Å². The van der Waals surface area contributed by atoms with Gasteiger partial charge in [-0.2, -0.15) is 4.98 Å². The van der Waals surface area contributed by atoms with Crippen LogP contribution in [-0.2, 0) is 22.4 Å². The molecule has 24 heavy (non-hydrogen) atoms. The number of rotatable bonds is 8. The fourth-order valence-corrected chi connectivity index (χ4v) is 2.09. The summed E-state index contributed by atoms with van der Waals surface area (Å²) in [5.74, 6) is 0.766. The molecule has 2 amide bonds. The second-order valence-corrected chi connectivity index (χ2v) is 5.78. The maximum absolute atomic E-state index is 12.3. The van der Waals surface area contributed by atoms with Gasteiger partial charge in [-0.25, -0.2) is 4.98 Å². The second-order valence-electron chi connectivity index (χ2n) is 5.78. The van der Waals surface area contributed by atoms with Crippen molar-refractivity contribution < 1.29 is 14.1 Å². The Bertz CT molecular complexity index is 665. The Hall–Kier alpha value is -2.71. The van der Waals surface area contributed by atoms with Gasteiger partial charge in [0.1, 0.15) is 6.04 Å². The monoisotopic (exact) mass is 334 g/mol. The largest absolute Gasteiger partial charge is 0.354 e. The average Bonchev–Trinajstić information content (AvgIpc) is 3.17. The first-order valence-electron chi connectivity index (χ1n) is 7.80. The van der Waals surface area contributed by atoms with Crippen LogP contribution < -0.4 is 10.6 Å². The predicted octanol–water partition coefficient (Wildman–Crippen LogP) is 0.322. The Morgan fingerprint density at radius 1 is 1.38 bits per heavy atom. The SMILES string of the molecule is CC(=O)N[C@@H](Cc1cnc[nH]1)C(=O)NCCc1nc(C(C)C)no1. The van der Waals surface area contributed by atoms with Crippen molar-refractivity contribution in [1.82, 2.24) is 30.7 Å². The molecule has 1 atom stereocenters. The lowest BCUT2D eigenvalue weighted by atomic mass is 10.1. The van der Waals surface area contributed by atoms with Gasteiger partial charge in [-0.1, -0.05) is 19.0 Å². The molecule has 0 spiro atoms. The van der Waals surface area contributed by atoms with E-state index in [0.29, 0.717) is 31.1 Å². The van der Waals surface area contributed by atoms with E-state index < -0.39 is 6.04 Å². The highest BCUT2D eigenvalue weighted by atomic mass is 16.5. The van der Waals surface area contributed by atoms with Crippen LogP contribution in [0.2, 0.25) is 0 Å². The molecule has 0 unspecified atom stereocenters. The predicted molar refractivity (Wildman–Crippen MR) is 85.0 cm³/mol. The summed E-state index contributed by atoms with van der Waals surface area (Å²) < 4.78 is 5.12. The van der Waals surface area contributed by atoms with Crippen molar-refractivity contribution in [3.63, 3.8) is 0 Å². The van der Waals surface area contributed by atoms with Gasteiger partial charge in [-0.05, 0) is 0 Å². The summed E-state index contributed by atoms with van der Waals surface area (Å²) in [5, 5.41) is 9.28. The Morgan fingerprint density at radius 3 is 2.75 bits per heavy atom. The summed E-state index contributed by atoms with van der Waals surface area (Å²) in [7, 11) is 0. The Balaban J connectivity index is 1.85. The number of hydrogen-bond acceptors (Lipinski definition) is 6. The fourth-order valence-electron chi connectivity index (χ4n) is 2.09. The van der Waals surface area contributed by atoms with Gasteiger partial charge < -0.3 is 20.1 Å². The summed E-state index contributed by atoms with van der Waals surface area (Å²) >= 11 is 0. The number of amides is 2. The summed E-state index contributed by atoms with van der Waals surface area (Å²) in [6.45, 7) is 5.67. The molecule has 130 valence electrons. The molecule has 2 heterocycles. The number of hydrogen-bond donors (Lipinski definition) is 3. The fraction of sp³-hybridized carbons (Fsp3) is 0.533. The second kappa shape index (κ2) is 8.23. The van der Waals surface area contributed by atoms with Crippen LogP contribution >= 0.6 is 0 Å². The van der Waals surface area contributed by atoms with Gasteiger partial charge in [0.2, 0.25) is 17.7 Å². The molecule has 0 aliphatic heterocycles. The van der Waals surface area contributed by atoms with Gasteiger partial charge >= 0.3 is 0 Å².